The first kappa shape index (κ1) is 21.0. The first-order valence-corrected chi connectivity index (χ1v) is 10.0. The van der Waals surface area contributed by atoms with Gasteiger partial charge in [-0.05, 0) is 32.0 Å². The minimum absolute atomic E-state index is 0.0498. The number of rotatable bonds is 7. The molecule has 8 heteroatoms. The van der Waals surface area contributed by atoms with Gasteiger partial charge in [0.2, 0.25) is 17.6 Å². The third-order valence-electron chi connectivity index (χ3n) is 5.52. The monoisotopic (exact) mass is 399 g/mol. The molecule has 1 aliphatic heterocycles. The number of hydrogen-bond acceptors (Lipinski definition) is 6. The highest BCUT2D eigenvalue weighted by Gasteiger charge is 2.31. The molecule has 8 nitrogen and oxygen atoms in total. The van der Waals surface area contributed by atoms with Crippen molar-refractivity contribution in [3.05, 3.63) is 35.7 Å². The van der Waals surface area contributed by atoms with Crippen LogP contribution in [0, 0.1) is 0 Å². The summed E-state index contributed by atoms with van der Waals surface area (Å²) >= 11 is 0. The first-order chi connectivity index (χ1) is 13.9. The summed E-state index contributed by atoms with van der Waals surface area (Å²) in [5.41, 5.74) is 1.40. The van der Waals surface area contributed by atoms with Crippen LogP contribution in [0.5, 0.6) is 0 Å². The Morgan fingerprint density at radius 3 is 2.52 bits per heavy atom. The number of likely N-dealkylation sites (N-methyl/N-ethyl adjacent to an activating group) is 1. The Kier molecular flexibility index (Phi) is 6.64. The molecule has 0 unspecified atom stereocenters. The molecule has 0 aliphatic carbocycles. The van der Waals surface area contributed by atoms with Gasteiger partial charge in [-0.1, -0.05) is 31.1 Å². The van der Waals surface area contributed by atoms with Gasteiger partial charge in [-0.25, -0.2) is 0 Å². The fraction of sp³-hybridized carbons (Fsp3) is 0.524. The van der Waals surface area contributed by atoms with Gasteiger partial charge < -0.3 is 15.2 Å². The molecule has 1 aromatic heterocycles. The fourth-order valence-electron chi connectivity index (χ4n) is 3.57. The Labute approximate surface area is 171 Å². The number of carbonyl (C=O) groups excluding carboxylic acids is 2. The second kappa shape index (κ2) is 9.17. The maximum Gasteiger partial charge on any atom is 0.251 e. The van der Waals surface area contributed by atoms with Gasteiger partial charge in [0.05, 0.1) is 0 Å². The lowest BCUT2D eigenvalue weighted by Gasteiger charge is -2.25. The molecule has 29 heavy (non-hydrogen) atoms. The van der Waals surface area contributed by atoms with Crippen molar-refractivity contribution in [2.75, 3.05) is 20.6 Å². The van der Waals surface area contributed by atoms with Crippen molar-refractivity contribution >= 4 is 11.8 Å². The minimum Gasteiger partial charge on any atom is -0.359 e. The highest BCUT2D eigenvalue weighted by molar-refractivity contribution is 5.94. The van der Waals surface area contributed by atoms with Crippen molar-refractivity contribution in [1.82, 2.24) is 25.7 Å². The molecule has 1 aromatic carbocycles. The molecule has 0 saturated carbocycles. The zero-order valence-corrected chi connectivity index (χ0v) is 17.4. The van der Waals surface area contributed by atoms with Crippen LogP contribution in [-0.4, -0.2) is 59.6 Å². The van der Waals surface area contributed by atoms with E-state index in [0.717, 1.165) is 18.4 Å². The fourth-order valence-corrected chi connectivity index (χ4v) is 3.57. The van der Waals surface area contributed by atoms with E-state index in [2.05, 4.69) is 25.7 Å². The summed E-state index contributed by atoms with van der Waals surface area (Å²) in [7, 11) is 3.67. The summed E-state index contributed by atoms with van der Waals surface area (Å²) in [4.78, 5) is 30.7. The smallest absolute Gasteiger partial charge is 0.251 e. The minimum atomic E-state index is -0.115. The molecule has 0 spiro atoms. The predicted octanol–water partition coefficient (Wildman–Crippen LogP) is 2.19. The maximum atomic E-state index is 12.5. The van der Waals surface area contributed by atoms with Gasteiger partial charge in [0.25, 0.3) is 5.91 Å². The summed E-state index contributed by atoms with van der Waals surface area (Å²) in [6.07, 6.45) is 2.42. The van der Waals surface area contributed by atoms with Crippen LogP contribution >= 0.6 is 0 Å². The van der Waals surface area contributed by atoms with Crippen LogP contribution in [0.25, 0.3) is 11.4 Å². The summed E-state index contributed by atoms with van der Waals surface area (Å²) in [5, 5.41) is 9.67. The molecule has 2 N–H and O–H groups in total. The second-order valence-electron chi connectivity index (χ2n) is 7.83. The summed E-state index contributed by atoms with van der Waals surface area (Å²) < 4.78 is 5.23. The van der Waals surface area contributed by atoms with E-state index in [-0.39, 0.29) is 29.8 Å². The zero-order chi connectivity index (χ0) is 21.0. The van der Waals surface area contributed by atoms with Crippen LogP contribution in [0.3, 0.4) is 0 Å². The number of nitrogens with zero attached hydrogens (tertiary/aromatic N) is 3. The maximum absolute atomic E-state index is 12.5. The third kappa shape index (κ3) is 5.00. The standard InChI is InChI=1S/C21H29N5O3/c1-13(2)21-24-19(25-29-21)14-5-7-15(8-6-14)20(28)23-12-17-10-9-16(26(17)4)11-18(27)22-3/h5-8,13,16-17H,9-12H2,1-4H3,(H,22,27)(H,23,28)/t16-,17+/m1/s1. The van der Waals surface area contributed by atoms with E-state index in [0.29, 0.717) is 30.2 Å². The first-order valence-electron chi connectivity index (χ1n) is 10.0. The van der Waals surface area contributed by atoms with Crippen molar-refractivity contribution in [2.45, 2.75) is 51.1 Å². The molecule has 2 aromatic rings. The Bertz CT molecular complexity index is 846. The molecule has 3 rings (SSSR count). The molecule has 0 radical (unpaired) electrons. The number of aromatic nitrogens is 2. The lowest BCUT2D eigenvalue weighted by Crippen LogP contribution is -2.42. The molecule has 156 valence electrons. The van der Waals surface area contributed by atoms with E-state index >= 15 is 0 Å². The van der Waals surface area contributed by atoms with Crippen molar-refractivity contribution in [3.8, 4) is 11.4 Å². The number of hydrogen-bond donors (Lipinski definition) is 2. The number of carbonyl (C=O) groups is 2. The van der Waals surface area contributed by atoms with E-state index in [1.807, 2.05) is 33.0 Å². The normalized spacial score (nSPS) is 19.5. The average molecular weight is 399 g/mol. The van der Waals surface area contributed by atoms with Crippen LogP contribution in [0.4, 0.5) is 0 Å². The Morgan fingerprint density at radius 1 is 1.21 bits per heavy atom. The number of amides is 2. The van der Waals surface area contributed by atoms with Gasteiger partial charge in [0, 0.05) is 49.1 Å². The van der Waals surface area contributed by atoms with Crippen LogP contribution < -0.4 is 10.6 Å². The van der Waals surface area contributed by atoms with Gasteiger partial charge in [-0.3, -0.25) is 14.5 Å². The molecule has 2 amide bonds. The van der Waals surface area contributed by atoms with Crippen molar-refractivity contribution in [2.24, 2.45) is 0 Å². The highest BCUT2D eigenvalue weighted by Crippen LogP contribution is 2.24. The average Bonchev–Trinajstić information content (AvgIpc) is 3.34. The van der Waals surface area contributed by atoms with Gasteiger partial charge >= 0.3 is 0 Å². The van der Waals surface area contributed by atoms with Crippen LogP contribution in [0.2, 0.25) is 0 Å². The van der Waals surface area contributed by atoms with Crippen LogP contribution in [-0.2, 0) is 4.79 Å². The Balaban J connectivity index is 1.54. The van der Waals surface area contributed by atoms with Gasteiger partial charge in [0.1, 0.15) is 0 Å². The topological polar surface area (TPSA) is 100 Å². The van der Waals surface area contributed by atoms with E-state index in [9.17, 15) is 9.59 Å². The quantitative estimate of drug-likeness (QED) is 0.740. The Morgan fingerprint density at radius 2 is 1.90 bits per heavy atom. The van der Waals surface area contributed by atoms with E-state index in [4.69, 9.17) is 4.52 Å². The lowest BCUT2D eigenvalue weighted by atomic mass is 10.1. The summed E-state index contributed by atoms with van der Waals surface area (Å²) in [6, 6.07) is 7.64. The molecular formula is C21H29N5O3. The van der Waals surface area contributed by atoms with E-state index < -0.39 is 0 Å². The molecule has 2 heterocycles. The SMILES string of the molecule is CNC(=O)C[C@H]1CC[C@@H](CNC(=O)c2ccc(-c3noc(C(C)C)n3)cc2)N1C. The molecule has 0 bridgehead atoms. The lowest BCUT2D eigenvalue weighted by molar-refractivity contribution is -0.121. The molecule has 1 fully saturated rings. The van der Waals surface area contributed by atoms with Crippen molar-refractivity contribution < 1.29 is 14.1 Å². The second-order valence-corrected chi connectivity index (χ2v) is 7.83. The van der Waals surface area contributed by atoms with E-state index in [1.54, 1.807) is 19.2 Å². The van der Waals surface area contributed by atoms with Crippen LogP contribution in [0.15, 0.2) is 28.8 Å². The number of nitrogens with one attached hydrogen (secondary N) is 2. The third-order valence-corrected chi connectivity index (χ3v) is 5.52. The Hall–Kier alpha value is -2.74. The molecular weight excluding hydrogens is 370 g/mol. The van der Waals surface area contributed by atoms with Crippen molar-refractivity contribution in [1.29, 1.82) is 0 Å². The molecule has 2 atom stereocenters. The number of benzene rings is 1. The van der Waals surface area contributed by atoms with Gasteiger partial charge in [0.15, 0.2) is 0 Å². The summed E-state index contributed by atoms with van der Waals surface area (Å²) in [5.74, 6) is 1.23. The predicted molar refractivity (Wildman–Crippen MR) is 109 cm³/mol. The van der Waals surface area contributed by atoms with Crippen molar-refractivity contribution in [3.63, 3.8) is 0 Å². The highest BCUT2D eigenvalue weighted by atomic mass is 16.5. The molecule has 1 saturated heterocycles. The number of likely N-dealkylation sites (tertiary alicyclic amines) is 1. The van der Waals surface area contributed by atoms with Gasteiger partial charge in [-0.15, -0.1) is 0 Å². The zero-order valence-electron chi connectivity index (χ0n) is 17.4. The largest absolute Gasteiger partial charge is 0.359 e. The summed E-state index contributed by atoms with van der Waals surface area (Å²) in [6.45, 7) is 4.55. The van der Waals surface area contributed by atoms with E-state index in [1.165, 1.54) is 0 Å². The van der Waals surface area contributed by atoms with Gasteiger partial charge in [-0.2, -0.15) is 4.98 Å². The van der Waals surface area contributed by atoms with Crippen LogP contribution in [0.1, 0.15) is 55.3 Å². The molecule has 1 aliphatic rings.